The maximum Gasteiger partial charge on any atom is 0.248 e. The molecule has 0 aromatic heterocycles. The summed E-state index contributed by atoms with van der Waals surface area (Å²) < 4.78 is 5.12. The Labute approximate surface area is 80.0 Å². The van der Waals surface area contributed by atoms with Crippen molar-refractivity contribution >= 4 is 5.91 Å². The fraction of sp³-hybridized carbons (Fsp3) is 0.889. The summed E-state index contributed by atoms with van der Waals surface area (Å²) in [5, 5.41) is 0. The number of hydrogen-bond acceptors (Lipinski definition) is 3. The molecule has 0 spiro atoms. The van der Waals surface area contributed by atoms with Gasteiger partial charge in [-0.2, -0.15) is 0 Å². The predicted molar refractivity (Wildman–Crippen MR) is 52.4 cm³/mol. The summed E-state index contributed by atoms with van der Waals surface area (Å²) in [7, 11) is 1.74. The van der Waals surface area contributed by atoms with Gasteiger partial charge < -0.3 is 15.4 Å². The second-order valence-electron chi connectivity index (χ2n) is 3.30. The number of carbonyl (C=O) groups is 1. The quantitative estimate of drug-likeness (QED) is 0.607. The number of ether oxygens (including phenoxy) is 1. The Morgan fingerprint density at radius 2 is 2.23 bits per heavy atom. The minimum Gasteiger partial charge on any atom is -0.372 e. The fourth-order valence-corrected chi connectivity index (χ4v) is 0.948. The second-order valence-corrected chi connectivity index (χ2v) is 3.30. The number of likely N-dealkylation sites (N-methyl/N-ethyl adjacent to an activating group) is 1. The van der Waals surface area contributed by atoms with Crippen molar-refractivity contribution in [2.45, 2.75) is 26.3 Å². The molecule has 0 radical (unpaired) electrons. The zero-order valence-electron chi connectivity index (χ0n) is 8.75. The molecule has 0 bridgehead atoms. The van der Waals surface area contributed by atoms with Gasteiger partial charge in [0.2, 0.25) is 5.91 Å². The highest BCUT2D eigenvalue weighted by Gasteiger charge is 2.09. The van der Waals surface area contributed by atoms with Crippen molar-refractivity contribution in [2.24, 2.45) is 5.73 Å². The molecule has 4 nitrogen and oxygen atoms in total. The summed E-state index contributed by atoms with van der Waals surface area (Å²) in [4.78, 5) is 12.9. The van der Waals surface area contributed by atoms with E-state index >= 15 is 0 Å². The third-order valence-corrected chi connectivity index (χ3v) is 1.56. The standard InChI is InChI=1S/C9H20N2O2/c1-4-5-13-7-9(12)11(3)6-8(2)10/h8H,4-7,10H2,1-3H3. The van der Waals surface area contributed by atoms with Gasteiger partial charge in [-0.3, -0.25) is 4.79 Å². The molecule has 0 aliphatic carbocycles. The minimum atomic E-state index is -0.00856. The van der Waals surface area contributed by atoms with Crippen molar-refractivity contribution in [3.63, 3.8) is 0 Å². The molecule has 2 N–H and O–H groups in total. The van der Waals surface area contributed by atoms with Crippen LogP contribution in [0, 0.1) is 0 Å². The highest BCUT2D eigenvalue weighted by molar-refractivity contribution is 5.77. The first-order valence-corrected chi connectivity index (χ1v) is 4.65. The molecule has 0 fully saturated rings. The van der Waals surface area contributed by atoms with Crippen LogP contribution in [0.5, 0.6) is 0 Å². The molecule has 0 aliphatic rings. The topological polar surface area (TPSA) is 55.6 Å². The molecule has 13 heavy (non-hydrogen) atoms. The van der Waals surface area contributed by atoms with Crippen LogP contribution < -0.4 is 5.73 Å². The lowest BCUT2D eigenvalue weighted by Crippen LogP contribution is -2.38. The van der Waals surface area contributed by atoms with Gasteiger partial charge in [-0.05, 0) is 13.3 Å². The van der Waals surface area contributed by atoms with Gasteiger partial charge in [0.15, 0.2) is 0 Å². The molecular weight excluding hydrogens is 168 g/mol. The number of rotatable bonds is 6. The molecule has 0 rings (SSSR count). The monoisotopic (exact) mass is 188 g/mol. The van der Waals surface area contributed by atoms with E-state index in [4.69, 9.17) is 10.5 Å². The van der Waals surface area contributed by atoms with Crippen molar-refractivity contribution < 1.29 is 9.53 Å². The number of carbonyl (C=O) groups excluding carboxylic acids is 1. The zero-order valence-corrected chi connectivity index (χ0v) is 8.75. The first-order chi connectivity index (χ1) is 6.07. The van der Waals surface area contributed by atoms with Gasteiger partial charge in [0, 0.05) is 26.2 Å². The largest absolute Gasteiger partial charge is 0.372 e. The number of nitrogens with zero attached hydrogens (tertiary/aromatic N) is 1. The molecule has 0 aromatic rings. The predicted octanol–water partition coefficient (Wildman–Crippen LogP) is 0.219. The normalized spacial score (nSPS) is 12.6. The molecule has 0 heterocycles. The molecule has 0 saturated carbocycles. The van der Waals surface area contributed by atoms with E-state index < -0.39 is 0 Å². The lowest BCUT2D eigenvalue weighted by Gasteiger charge is -2.18. The van der Waals surface area contributed by atoms with Crippen molar-refractivity contribution in [3.8, 4) is 0 Å². The Morgan fingerprint density at radius 1 is 1.62 bits per heavy atom. The summed E-state index contributed by atoms with van der Waals surface area (Å²) in [5.41, 5.74) is 5.55. The van der Waals surface area contributed by atoms with E-state index in [0.717, 1.165) is 6.42 Å². The van der Waals surface area contributed by atoms with Gasteiger partial charge >= 0.3 is 0 Å². The summed E-state index contributed by atoms with van der Waals surface area (Å²) in [5.74, 6) is -0.00856. The van der Waals surface area contributed by atoms with Gasteiger partial charge in [-0.15, -0.1) is 0 Å². The van der Waals surface area contributed by atoms with Crippen molar-refractivity contribution in [1.29, 1.82) is 0 Å². The van der Waals surface area contributed by atoms with E-state index in [9.17, 15) is 4.79 Å². The van der Waals surface area contributed by atoms with Crippen LogP contribution in [0.25, 0.3) is 0 Å². The summed E-state index contributed by atoms with van der Waals surface area (Å²) in [6, 6.07) is 0.0140. The maximum absolute atomic E-state index is 11.3. The molecule has 1 atom stereocenters. The lowest BCUT2D eigenvalue weighted by molar-refractivity contribution is -0.135. The van der Waals surface area contributed by atoms with Crippen LogP contribution >= 0.6 is 0 Å². The molecule has 0 saturated heterocycles. The Balaban J connectivity index is 3.57. The Morgan fingerprint density at radius 3 is 2.69 bits per heavy atom. The summed E-state index contributed by atoms with van der Waals surface area (Å²) in [6.45, 7) is 5.26. The maximum atomic E-state index is 11.3. The molecule has 1 unspecified atom stereocenters. The highest BCUT2D eigenvalue weighted by atomic mass is 16.5. The minimum absolute atomic E-state index is 0.00856. The van der Waals surface area contributed by atoms with Crippen molar-refractivity contribution in [1.82, 2.24) is 4.90 Å². The van der Waals surface area contributed by atoms with Gasteiger partial charge in [0.25, 0.3) is 0 Å². The SMILES string of the molecule is CCCOCC(=O)N(C)CC(C)N. The lowest BCUT2D eigenvalue weighted by atomic mass is 10.3. The summed E-state index contributed by atoms with van der Waals surface area (Å²) in [6.07, 6.45) is 0.935. The van der Waals surface area contributed by atoms with Crippen LogP contribution in [0.2, 0.25) is 0 Å². The Hall–Kier alpha value is -0.610. The van der Waals surface area contributed by atoms with Crippen LogP contribution in [0.1, 0.15) is 20.3 Å². The van der Waals surface area contributed by atoms with Gasteiger partial charge in [-0.25, -0.2) is 0 Å². The van der Waals surface area contributed by atoms with Gasteiger partial charge in [-0.1, -0.05) is 6.92 Å². The van der Waals surface area contributed by atoms with Crippen molar-refractivity contribution in [2.75, 3.05) is 26.8 Å². The first kappa shape index (κ1) is 12.4. The van der Waals surface area contributed by atoms with E-state index in [1.807, 2.05) is 13.8 Å². The van der Waals surface area contributed by atoms with E-state index in [2.05, 4.69) is 0 Å². The van der Waals surface area contributed by atoms with E-state index in [1.54, 1.807) is 11.9 Å². The number of nitrogens with two attached hydrogens (primary N) is 1. The fourth-order valence-electron chi connectivity index (χ4n) is 0.948. The van der Waals surface area contributed by atoms with Crippen LogP contribution in [-0.2, 0) is 9.53 Å². The Kier molecular flexibility index (Phi) is 6.54. The highest BCUT2D eigenvalue weighted by Crippen LogP contribution is 1.89. The number of hydrogen-bond donors (Lipinski definition) is 1. The molecular formula is C9H20N2O2. The first-order valence-electron chi connectivity index (χ1n) is 4.65. The van der Waals surface area contributed by atoms with Crippen LogP contribution in [0.15, 0.2) is 0 Å². The molecule has 78 valence electrons. The van der Waals surface area contributed by atoms with Crippen LogP contribution in [-0.4, -0.2) is 43.7 Å². The molecule has 1 amide bonds. The average Bonchev–Trinajstić information content (AvgIpc) is 2.03. The Bertz CT molecular complexity index is 149. The van der Waals surface area contributed by atoms with Gasteiger partial charge in [0.05, 0.1) is 0 Å². The van der Waals surface area contributed by atoms with E-state index in [1.165, 1.54) is 0 Å². The molecule has 4 heteroatoms. The molecule has 0 aromatic carbocycles. The number of amides is 1. The zero-order chi connectivity index (χ0) is 10.3. The average molecular weight is 188 g/mol. The molecule has 0 aliphatic heterocycles. The third kappa shape index (κ3) is 6.54. The van der Waals surface area contributed by atoms with Crippen LogP contribution in [0.3, 0.4) is 0 Å². The second kappa shape index (κ2) is 6.86. The third-order valence-electron chi connectivity index (χ3n) is 1.56. The van der Waals surface area contributed by atoms with E-state index in [-0.39, 0.29) is 18.6 Å². The van der Waals surface area contributed by atoms with Crippen molar-refractivity contribution in [3.05, 3.63) is 0 Å². The van der Waals surface area contributed by atoms with Crippen LogP contribution in [0.4, 0.5) is 0 Å². The van der Waals surface area contributed by atoms with E-state index in [0.29, 0.717) is 13.2 Å². The summed E-state index contributed by atoms with van der Waals surface area (Å²) >= 11 is 0. The smallest absolute Gasteiger partial charge is 0.248 e. The van der Waals surface area contributed by atoms with Gasteiger partial charge in [0.1, 0.15) is 6.61 Å².